The highest BCUT2D eigenvalue weighted by Gasteiger charge is 2.13. The van der Waals surface area contributed by atoms with Crippen molar-refractivity contribution in [2.45, 2.75) is 25.8 Å². The van der Waals surface area contributed by atoms with Crippen LogP contribution in [0.3, 0.4) is 0 Å². The lowest BCUT2D eigenvalue weighted by Crippen LogP contribution is -2.36. The van der Waals surface area contributed by atoms with Crippen molar-refractivity contribution in [1.29, 1.82) is 5.41 Å². The van der Waals surface area contributed by atoms with Gasteiger partial charge in [0, 0.05) is 11.8 Å². The van der Waals surface area contributed by atoms with Gasteiger partial charge in [0.15, 0.2) is 0 Å². The van der Waals surface area contributed by atoms with Crippen molar-refractivity contribution in [3.63, 3.8) is 0 Å². The molecular formula is C8H20ClN3. The van der Waals surface area contributed by atoms with Crippen LogP contribution in [0.15, 0.2) is 0 Å². The molecule has 0 aliphatic heterocycles. The average molecular weight is 194 g/mol. The second-order valence-electron chi connectivity index (χ2n) is 2.94. The van der Waals surface area contributed by atoms with Gasteiger partial charge in [-0.05, 0) is 33.5 Å². The van der Waals surface area contributed by atoms with E-state index in [-0.39, 0.29) is 18.4 Å². The number of nitrogens with two attached hydrogens (primary N) is 1. The molecule has 0 fully saturated rings. The first-order valence-corrected chi connectivity index (χ1v) is 4.07. The van der Waals surface area contributed by atoms with Crippen molar-refractivity contribution in [3.05, 3.63) is 0 Å². The first kappa shape index (κ1) is 14.4. The molecule has 3 N–H and O–H groups in total. The van der Waals surface area contributed by atoms with Crippen molar-refractivity contribution < 1.29 is 0 Å². The van der Waals surface area contributed by atoms with Gasteiger partial charge in [-0.15, -0.1) is 12.4 Å². The predicted molar refractivity (Wildman–Crippen MR) is 56.4 cm³/mol. The third kappa shape index (κ3) is 4.70. The van der Waals surface area contributed by atoms with Crippen LogP contribution in [0, 0.1) is 5.41 Å². The molecule has 4 heteroatoms. The summed E-state index contributed by atoms with van der Waals surface area (Å²) < 4.78 is 0. The highest BCUT2D eigenvalue weighted by atomic mass is 35.5. The minimum Gasteiger partial charge on any atom is -0.330 e. The molecule has 0 aromatic heterocycles. The molecule has 3 nitrogen and oxygen atoms in total. The van der Waals surface area contributed by atoms with Gasteiger partial charge in [-0.1, -0.05) is 6.92 Å². The normalized spacial score (nSPS) is 12.4. The van der Waals surface area contributed by atoms with Crippen LogP contribution in [0.4, 0.5) is 0 Å². The zero-order valence-corrected chi connectivity index (χ0v) is 8.95. The first-order chi connectivity index (χ1) is 5.13. The summed E-state index contributed by atoms with van der Waals surface area (Å²) in [7, 11) is 3.98. The van der Waals surface area contributed by atoms with Crippen LogP contribution < -0.4 is 5.73 Å². The lowest BCUT2D eigenvalue weighted by atomic mass is 10.1. The zero-order valence-electron chi connectivity index (χ0n) is 8.13. The van der Waals surface area contributed by atoms with Crippen LogP contribution in [0.1, 0.15) is 19.8 Å². The molecule has 0 saturated carbocycles. The molecule has 0 amide bonds. The Morgan fingerprint density at radius 2 is 2.00 bits per heavy atom. The molecule has 0 bridgehead atoms. The first-order valence-electron chi connectivity index (χ1n) is 4.07. The Bertz CT molecular complexity index is 125. The van der Waals surface area contributed by atoms with E-state index < -0.39 is 0 Å². The molecule has 74 valence electrons. The smallest absolute Gasteiger partial charge is 0.0480 e. The van der Waals surface area contributed by atoms with Crippen LogP contribution in [0.2, 0.25) is 0 Å². The van der Waals surface area contributed by atoms with E-state index in [1.54, 1.807) is 0 Å². The topological polar surface area (TPSA) is 53.1 Å². The Labute approximate surface area is 81.2 Å². The van der Waals surface area contributed by atoms with Crippen molar-refractivity contribution >= 4 is 18.1 Å². The van der Waals surface area contributed by atoms with Gasteiger partial charge in [-0.25, -0.2) is 0 Å². The van der Waals surface area contributed by atoms with Gasteiger partial charge in [-0.2, -0.15) is 0 Å². The van der Waals surface area contributed by atoms with E-state index in [0.717, 1.165) is 18.6 Å². The van der Waals surface area contributed by atoms with Gasteiger partial charge in [-0.3, -0.25) is 0 Å². The fourth-order valence-corrected chi connectivity index (χ4v) is 1.14. The third-order valence-corrected chi connectivity index (χ3v) is 1.85. The molecule has 0 saturated heterocycles. The van der Waals surface area contributed by atoms with E-state index in [4.69, 9.17) is 11.1 Å². The lowest BCUT2D eigenvalue weighted by Gasteiger charge is -2.23. The Hall–Kier alpha value is -0.120. The van der Waals surface area contributed by atoms with E-state index >= 15 is 0 Å². The van der Waals surface area contributed by atoms with Crippen LogP contribution in [0.5, 0.6) is 0 Å². The molecule has 0 rings (SSSR count). The highest BCUT2D eigenvalue weighted by Crippen LogP contribution is 2.02. The largest absolute Gasteiger partial charge is 0.330 e. The monoisotopic (exact) mass is 193 g/mol. The summed E-state index contributed by atoms with van der Waals surface area (Å²) in [6.45, 7) is 2.67. The Morgan fingerprint density at radius 1 is 1.50 bits per heavy atom. The fraction of sp³-hybridized carbons (Fsp3) is 0.875. The number of hydrogen-bond acceptors (Lipinski definition) is 3. The molecule has 0 aromatic rings. The van der Waals surface area contributed by atoms with E-state index in [9.17, 15) is 0 Å². The standard InChI is InChI=1S/C8H19N3.ClH/c1-4-7(10)8(5-6-9)11(2)3;/h8,10H,4-6,9H2,1-3H3;1H. The Kier molecular flexibility index (Phi) is 9.03. The number of nitrogens with zero attached hydrogens (tertiary/aromatic N) is 1. The van der Waals surface area contributed by atoms with Gasteiger partial charge < -0.3 is 16.0 Å². The number of rotatable bonds is 5. The van der Waals surface area contributed by atoms with Crippen molar-refractivity contribution in [1.82, 2.24) is 4.90 Å². The SMILES string of the molecule is CCC(=N)C(CCN)N(C)C.Cl. The maximum atomic E-state index is 7.63. The van der Waals surface area contributed by atoms with Gasteiger partial charge in [0.05, 0.1) is 0 Å². The molecule has 0 heterocycles. The molecule has 1 atom stereocenters. The summed E-state index contributed by atoms with van der Waals surface area (Å²) in [6, 6.07) is 0.241. The maximum absolute atomic E-state index is 7.63. The molecular weight excluding hydrogens is 174 g/mol. The van der Waals surface area contributed by atoms with Crippen LogP contribution in [0.25, 0.3) is 0 Å². The van der Waals surface area contributed by atoms with Crippen LogP contribution in [-0.4, -0.2) is 37.3 Å². The molecule has 12 heavy (non-hydrogen) atoms. The van der Waals surface area contributed by atoms with E-state index in [0.29, 0.717) is 6.54 Å². The van der Waals surface area contributed by atoms with Gasteiger partial charge in [0.25, 0.3) is 0 Å². The second kappa shape index (κ2) is 7.53. The van der Waals surface area contributed by atoms with Crippen LogP contribution in [-0.2, 0) is 0 Å². The number of halogens is 1. The van der Waals surface area contributed by atoms with Gasteiger partial charge >= 0.3 is 0 Å². The van der Waals surface area contributed by atoms with Gasteiger partial charge in [0.1, 0.15) is 0 Å². The van der Waals surface area contributed by atoms with Crippen molar-refractivity contribution in [2.75, 3.05) is 20.6 Å². The highest BCUT2D eigenvalue weighted by molar-refractivity contribution is 5.86. The zero-order chi connectivity index (χ0) is 8.85. The van der Waals surface area contributed by atoms with Crippen molar-refractivity contribution in [3.8, 4) is 0 Å². The summed E-state index contributed by atoms with van der Waals surface area (Å²) in [6.07, 6.45) is 1.71. The number of hydrogen-bond donors (Lipinski definition) is 2. The predicted octanol–water partition coefficient (Wildman–Crippen LogP) is 1.12. The summed E-state index contributed by atoms with van der Waals surface area (Å²) in [4.78, 5) is 2.05. The number of nitrogens with one attached hydrogen (secondary N) is 1. The average Bonchev–Trinajstić information content (AvgIpc) is 1.98. The van der Waals surface area contributed by atoms with E-state index in [2.05, 4.69) is 4.90 Å². The van der Waals surface area contributed by atoms with E-state index in [1.807, 2.05) is 21.0 Å². The van der Waals surface area contributed by atoms with Crippen molar-refractivity contribution in [2.24, 2.45) is 5.73 Å². The summed E-state index contributed by atoms with van der Waals surface area (Å²) >= 11 is 0. The molecule has 0 aromatic carbocycles. The van der Waals surface area contributed by atoms with Crippen LogP contribution >= 0.6 is 12.4 Å². The lowest BCUT2D eigenvalue weighted by molar-refractivity contribution is 0.345. The quantitative estimate of drug-likeness (QED) is 0.643. The Morgan fingerprint density at radius 3 is 2.25 bits per heavy atom. The maximum Gasteiger partial charge on any atom is 0.0480 e. The third-order valence-electron chi connectivity index (χ3n) is 1.85. The Balaban J connectivity index is 0. The minimum absolute atomic E-state index is 0. The molecule has 0 radical (unpaired) electrons. The molecule has 1 unspecified atom stereocenters. The summed E-state index contributed by atoms with van der Waals surface area (Å²) in [5.74, 6) is 0. The summed E-state index contributed by atoms with van der Waals surface area (Å²) in [5.41, 5.74) is 6.21. The molecule has 0 aliphatic carbocycles. The van der Waals surface area contributed by atoms with Gasteiger partial charge in [0.2, 0.25) is 0 Å². The van der Waals surface area contributed by atoms with E-state index in [1.165, 1.54) is 0 Å². The minimum atomic E-state index is 0. The molecule has 0 aliphatic rings. The second-order valence-corrected chi connectivity index (χ2v) is 2.94. The summed E-state index contributed by atoms with van der Waals surface area (Å²) in [5, 5.41) is 7.63. The molecule has 0 spiro atoms. The fourth-order valence-electron chi connectivity index (χ4n) is 1.14.